The van der Waals surface area contributed by atoms with E-state index in [4.69, 9.17) is 0 Å². The molecule has 1 aromatic carbocycles. The highest BCUT2D eigenvalue weighted by molar-refractivity contribution is 7.89. The maximum absolute atomic E-state index is 12.5. The minimum atomic E-state index is -3.63. The van der Waals surface area contributed by atoms with Gasteiger partial charge in [0.1, 0.15) is 5.75 Å². The molecular weight excluding hydrogens is 360 g/mol. The van der Waals surface area contributed by atoms with Gasteiger partial charge in [0, 0.05) is 43.4 Å². The highest BCUT2D eigenvalue weighted by Crippen LogP contribution is 2.19. The zero-order valence-corrected chi connectivity index (χ0v) is 15.5. The number of sulfonamides is 1. The van der Waals surface area contributed by atoms with Gasteiger partial charge in [-0.25, -0.2) is 13.4 Å². The number of hydrogen-bond donors (Lipinski definition) is 1. The molecular formula is C16H20N4O3S2. The maximum atomic E-state index is 12.5. The molecule has 1 amide bonds. The van der Waals surface area contributed by atoms with Crippen LogP contribution in [0.3, 0.4) is 0 Å². The van der Waals surface area contributed by atoms with Crippen molar-refractivity contribution >= 4 is 38.1 Å². The van der Waals surface area contributed by atoms with Crippen molar-refractivity contribution in [3.63, 3.8) is 0 Å². The third-order valence-corrected chi connectivity index (χ3v) is 6.46. The number of carbonyl (C=O) groups excluding carboxylic acids is 1. The summed E-state index contributed by atoms with van der Waals surface area (Å²) in [5.74, 6) is -1.12. The van der Waals surface area contributed by atoms with Crippen molar-refractivity contribution in [1.82, 2.24) is 9.29 Å². The van der Waals surface area contributed by atoms with E-state index < -0.39 is 21.7 Å². The molecule has 0 atom stereocenters. The van der Waals surface area contributed by atoms with Crippen LogP contribution in [0.1, 0.15) is 5.56 Å². The van der Waals surface area contributed by atoms with Crippen LogP contribution in [0, 0.1) is 6.92 Å². The van der Waals surface area contributed by atoms with Crippen molar-refractivity contribution < 1.29 is 13.2 Å². The SMILES string of the molecule is Cc1cccc(N2CCN(S(=O)(=O)CC(=O)Nc3nccs3)CC2)c1. The van der Waals surface area contributed by atoms with Crippen LogP contribution in [0.15, 0.2) is 35.8 Å². The largest absolute Gasteiger partial charge is 0.369 e. The summed E-state index contributed by atoms with van der Waals surface area (Å²) in [7, 11) is -3.63. The fourth-order valence-electron chi connectivity index (χ4n) is 2.75. The molecule has 9 heteroatoms. The monoisotopic (exact) mass is 380 g/mol. The van der Waals surface area contributed by atoms with Crippen LogP contribution in [-0.2, 0) is 14.8 Å². The number of aryl methyl sites for hydroxylation is 1. The lowest BCUT2D eigenvalue weighted by Crippen LogP contribution is -2.50. The molecule has 134 valence electrons. The molecule has 7 nitrogen and oxygen atoms in total. The Morgan fingerprint density at radius 2 is 2.04 bits per heavy atom. The summed E-state index contributed by atoms with van der Waals surface area (Å²) in [5, 5.41) is 4.63. The van der Waals surface area contributed by atoms with Crippen LogP contribution >= 0.6 is 11.3 Å². The van der Waals surface area contributed by atoms with Gasteiger partial charge in [-0.05, 0) is 24.6 Å². The molecule has 2 heterocycles. The Balaban J connectivity index is 1.56. The van der Waals surface area contributed by atoms with Crippen molar-refractivity contribution in [2.24, 2.45) is 0 Å². The standard InChI is InChI=1S/C16H20N4O3S2/c1-13-3-2-4-14(11-13)19-6-8-20(9-7-19)25(22,23)12-15(21)18-16-17-5-10-24-16/h2-5,10-11H,6-9,12H2,1H3,(H,17,18,21). The normalized spacial score (nSPS) is 16.0. The van der Waals surface area contributed by atoms with E-state index in [1.807, 2.05) is 25.1 Å². The Bertz CT molecular complexity index is 829. The second-order valence-corrected chi connectivity index (χ2v) is 8.73. The van der Waals surface area contributed by atoms with Gasteiger partial charge >= 0.3 is 0 Å². The van der Waals surface area contributed by atoms with Crippen molar-refractivity contribution in [2.45, 2.75) is 6.92 Å². The number of benzene rings is 1. The number of anilines is 2. The summed E-state index contributed by atoms with van der Waals surface area (Å²) in [6.07, 6.45) is 1.55. The van der Waals surface area contributed by atoms with Crippen molar-refractivity contribution in [1.29, 1.82) is 0 Å². The Hall–Kier alpha value is -1.97. The maximum Gasteiger partial charge on any atom is 0.242 e. The van der Waals surface area contributed by atoms with Crippen molar-refractivity contribution in [3.05, 3.63) is 41.4 Å². The van der Waals surface area contributed by atoms with E-state index in [1.165, 1.54) is 21.2 Å². The molecule has 1 aliphatic heterocycles. The van der Waals surface area contributed by atoms with Crippen molar-refractivity contribution in [3.8, 4) is 0 Å². The number of aromatic nitrogens is 1. The molecule has 0 radical (unpaired) electrons. The summed E-state index contributed by atoms with van der Waals surface area (Å²) >= 11 is 1.25. The average Bonchev–Trinajstić information content (AvgIpc) is 3.07. The predicted octanol–water partition coefficient (Wildman–Crippen LogP) is 1.54. The number of rotatable bonds is 5. The highest BCUT2D eigenvalue weighted by atomic mass is 32.2. The first-order valence-electron chi connectivity index (χ1n) is 7.93. The van der Waals surface area contributed by atoms with E-state index in [9.17, 15) is 13.2 Å². The smallest absolute Gasteiger partial charge is 0.242 e. The third kappa shape index (κ3) is 4.56. The second-order valence-electron chi connectivity index (χ2n) is 5.87. The van der Waals surface area contributed by atoms with Gasteiger partial charge in [-0.2, -0.15) is 4.31 Å². The fourth-order valence-corrected chi connectivity index (χ4v) is 4.60. The molecule has 1 N–H and O–H groups in total. The molecule has 0 saturated carbocycles. The summed E-state index contributed by atoms with van der Waals surface area (Å²) in [6, 6.07) is 8.15. The quantitative estimate of drug-likeness (QED) is 0.851. The lowest BCUT2D eigenvalue weighted by atomic mass is 10.2. The number of thiazole rings is 1. The van der Waals surface area contributed by atoms with Gasteiger partial charge in [-0.3, -0.25) is 4.79 Å². The highest BCUT2D eigenvalue weighted by Gasteiger charge is 2.29. The molecule has 2 aromatic rings. The third-order valence-electron chi connectivity index (χ3n) is 3.99. The lowest BCUT2D eigenvalue weighted by Gasteiger charge is -2.35. The van der Waals surface area contributed by atoms with E-state index in [0.717, 1.165) is 5.69 Å². The van der Waals surface area contributed by atoms with E-state index in [2.05, 4.69) is 21.3 Å². The van der Waals surface area contributed by atoms with Gasteiger partial charge in [0.2, 0.25) is 15.9 Å². The number of piperazine rings is 1. The van der Waals surface area contributed by atoms with E-state index in [-0.39, 0.29) is 0 Å². The molecule has 1 aliphatic rings. The molecule has 1 saturated heterocycles. The number of amides is 1. The molecule has 0 unspecified atom stereocenters. The van der Waals surface area contributed by atoms with Gasteiger partial charge in [0.15, 0.2) is 5.13 Å². The van der Waals surface area contributed by atoms with Crippen LogP contribution in [-0.4, -0.2) is 55.5 Å². The summed E-state index contributed by atoms with van der Waals surface area (Å²) in [4.78, 5) is 18.0. The predicted molar refractivity (Wildman–Crippen MR) is 99.5 cm³/mol. The van der Waals surface area contributed by atoms with Gasteiger partial charge in [0.25, 0.3) is 0 Å². The lowest BCUT2D eigenvalue weighted by molar-refractivity contribution is -0.113. The summed E-state index contributed by atoms with van der Waals surface area (Å²) in [5.41, 5.74) is 2.27. The Morgan fingerprint density at radius 3 is 2.68 bits per heavy atom. The minimum absolute atomic E-state index is 0.376. The van der Waals surface area contributed by atoms with Gasteiger partial charge < -0.3 is 10.2 Å². The second kappa shape index (κ2) is 7.51. The van der Waals surface area contributed by atoms with Crippen LogP contribution in [0.25, 0.3) is 0 Å². The summed E-state index contributed by atoms with van der Waals surface area (Å²) < 4.78 is 26.3. The van der Waals surface area contributed by atoms with Crippen LogP contribution in [0.5, 0.6) is 0 Å². The van der Waals surface area contributed by atoms with E-state index in [0.29, 0.717) is 31.3 Å². The zero-order valence-electron chi connectivity index (χ0n) is 13.9. The topological polar surface area (TPSA) is 82.6 Å². The van der Waals surface area contributed by atoms with E-state index >= 15 is 0 Å². The molecule has 25 heavy (non-hydrogen) atoms. The van der Waals surface area contributed by atoms with Gasteiger partial charge in [-0.1, -0.05) is 12.1 Å². The minimum Gasteiger partial charge on any atom is -0.369 e. The first kappa shape index (κ1) is 17.8. The van der Waals surface area contributed by atoms with Crippen LogP contribution in [0.4, 0.5) is 10.8 Å². The van der Waals surface area contributed by atoms with Crippen LogP contribution < -0.4 is 10.2 Å². The number of carbonyl (C=O) groups is 1. The Kier molecular flexibility index (Phi) is 5.36. The molecule has 0 bridgehead atoms. The zero-order chi connectivity index (χ0) is 17.9. The molecule has 3 rings (SSSR count). The Labute approximate surface area is 151 Å². The fraction of sp³-hybridized carbons (Fsp3) is 0.375. The van der Waals surface area contributed by atoms with E-state index in [1.54, 1.807) is 11.6 Å². The van der Waals surface area contributed by atoms with Crippen LogP contribution in [0.2, 0.25) is 0 Å². The van der Waals surface area contributed by atoms with Gasteiger partial charge in [0.05, 0.1) is 0 Å². The molecule has 0 spiro atoms. The number of hydrogen-bond acceptors (Lipinski definition) is 6. The summed E-state index contributed by atoms with van der Waals surface area (Å²) in [6.45, 7) is 4.00. The first-order chi connectivity index (χ1) is 11.9. The first-order valence-corrected chi connectivity index (χ1v) is 10.4. The molecule has 0 aliphatic carbocycles. The Morgan fingerprint density at radius 1 is 1.28 bits per heavy atom. The van der Waals surface area contributed by atoms with Gasteiger partial charge in [-0.15, -0.1) is 11.3 Å². The van der Waals surface area contributed by atoms with Crippen molar-refractivity contribution in [2.75, 3.05) is 42.1 Å². The average molecular weight is 380 g/mol. The number of nitrogens with one attached hydrogen (secondary N) is 1. The molecule has 1 aromatic heterocycles. The number of nitrogens with zero attached hydrogens (tertiary/aromatic N) is 3. The molecule has 1 fully saturated rings.